The van der Waals surface area contributed by atoms with Gasteiger partial charge in [0.05, 0.1) is 23.6 Å². The van der Waals surface area contributed by atoms with E-state index < -0.39 is 34.0 Å². The number of nitrogens with one attached hydrogen (secondary N) is 2. The maximum absolute atomic E-state index is 11.2. The maximum Gasteiger partial charge on any atom is 0.312 e. The van der Waals surface area contributed by atoms with Gasteiger partial charge in [-0.3, -0.25) is 0 Å². The van der Waals surface area contributed by atoms with Gasteiger partial charge in [-0.25, -0.2) is 18.0 Å². The van der Waals surface area contributed by atoms with E-state index in [0.717, 1.165) is 0 Å². The quantitative estimate of drug-likeness (QED) is 0.419. The van der Waals surface area contributed by atoms with Crippen LogP contribution in [0, 0.1) is 0 Å². The molecule has 1 aliphatic rings. The van der Waals surface area contributed by atoms with Crippen molar-refractivity contribution < 1.29 is 18.0 Å². The van der Waals surface area contributed by atoms with E-state index in [1.165, 1.54) is 0 Å². The summed E-state index contributed by atoms with van der Waals surface area (Å²) >= 11 is 0. The predicted octanol–water partition coefficient (Wildman–Crippen LogP) is -2.51. The van der Waals surface area contributed by atoms with Gasteiger partial charge < -0.3 is 22.1 Å². The molecule has 15 heavy (non-hydrogen) atoms. The van der Waals surface area contributed by atoms with Crippen LogP contribution in [0.4, 0.5) is 9.59 Å². The molecule has 0 bridgehead atoms. The number of amides is 4. The summed E-state index contributed by atoms with van der Waals surface area (Å²) in [5, 5.41) is 4.48. The van der Waals surface area contributed by atoms with E-state index in [1.54, 1.807) is 0 Å². The van der Waals surface area contributed by atoms with E-state index in [1.807, 2.05) is 0 Å². The zero-order valence-electron chi connectivity index (χ0n) is 7.76. The van der Waals surface area contributed by atoms with E-state index in [2.05, 4.69) is 10.6 Å². The molecule has 0 aliphatic carbocycles. The Kier molecular flexibility index (Phi) is 3.03. The van der Waals surface area contributed by atoms with E-state index in [0.29, 0.717) is 0 Å². The summed E-state index contributed by atoms with van der Waals surface area (Å²) < 4.78 is 22.5. The minimum Gasteiger partial charge on any atom is -0.352 e. The number of urea groups is 2. The van der Waals surface area contributed by atoms with Gasteiger partial charge in [-0.2, -0.15) is 0 Å². The molecule has 0 spiro atoms. The second-order valence-electron chi connectivity index (χ2n) is 3.31. The first-order valence-corrected chi connectivity index (χ1v) is 5.94. The van der Waals surface area contributed by atoms with Crippen LogP contribution in [-0.2, 0) is 9.84 Å². The summed E-state index contributed by atoms with van der Waals surface area (Å²) in [6, 6.07) is -3.12. The second kappa shape index (κ2) is 3.93. The number of hydrogen-bond acceptors (Lipinski definition) is 4. The molecule has 1 saturated heterocycles. The molecule has 86 valence electrons. The van der Waals surface area contributed by atoms with Crippen LogP contribution in [0.25, 0.3) is 0 Å². The van der Waals surface area contributed by atoms with Crippen LogP contribution in [0.2, 0.25) is 0 Å². The van der Waals surface area contributed by atoms with Crippen molar-refractivity contribution in [2.45, 2.75) is 12.1 Å². The van der Waals surface area contributed by atoms with Crippen molar-refractivity contribution in [1.82, 2.24) is 10.6 Å². The fraction of sp³-hybridized carbons (Fsp3) is 0.667. The highest BCUT2D eigenvalue weighted by atomic mass is 32.2. The van der Waals surface area contributed by atoms with Gasteiger partial charge >= 0.3 is 12.1 Å². The van der Waals surface area contributed by atoms with E-state index in [9.17, 15) is 18.0 Å². The lowest BCUT2D eigenvalue weighted by Crippen LogP contribution is -2.53. The molecular weight excluding hydrogens is 224 g/mol. The van der Waals surface area contributed by atoms with Crippen LogP contribution in [0.5, 0.6) is 0 Å². The number of hydrogen-bond donors (Lipinski definition) is 4. The summed E-state index contributed by atoms with van der Waals surface area (Å²) in [5.41, 5.74) is 9.73. The lowest BCUT2D eigenvalue weighted by Gasteiger charge is -2.18. The molecule has 2 atom stereocenters. The van der Waals surface area contributed by atoms with Gasteiger partial charge in [0.2, 0.25) is 0 Å². The Bertz CT molecular complexity index is 349. The fourth-order valence-electron chi connectivity index (χ4n) is 1.50. The molecule has 0 aromatic heterocycles. The third kappa shape index (κ3) is 3.27. The molecule has 0 radical (unpaired) electrons. The molecule has 1 rings (SSSR count). The number of primary amides is 2. The van der Waals surface area contributed by atoms with E-state index in [4.69, 9.17) is 11.5 Å². The summed E-state index contributed by atoms with van der Waals surface area (Å²) in [6.45, 7) is 0. The summed E-state index contributed by atoms with van der Waals surface area (Å²) in [4.78, 5) is 21.1. The summed E-state index contributed by atoms with van der Waals surface area (Å²) in [5.74, 6) is -0.498. The molecule has 0 unspecified atom stereocenters. The zero-order chi connectivity index (χ0) is 11.6. The van der Waals surface area contributed by atoms with Gasteiger partial charge in [0.1, 0.15) is 0 Å². The average Bonchev–Trinajstić information content (AvgIpc) is 2.22. The van der Waals surface area contributed by atoms with Crippen LogP contribution < -0.4 is 22.1 Å². The molecule has 1 heterocycles. The number of sulfone groups is 1. The normalized spacial score (nSPS) is 28.3. The van der Waals surface area contributed by atoms with Gasteiger partial charge in [0.25, 0.3) is 0 Å². The molecule has 1 fully saturated rings. The molecule has 4 amide bonds. The van der Waals surface area contributed by atoms with Gasteiger partial charge in [0, 0.05) is 0 Å². The molecular formula is C6H12N4O4S. The Balaban J connectivity index is 2.74. The Labute approximate surface area is 86.3 Å². The second-order valence-corrected chi connectivity index (χ2v) is 5.46. The van der Waals surface area contributed by atoms with Crippen molar-refractivity contribution in [2.75, 3.05) is 11.5 Å². The van der Waals surface area contributed by atoms with Gasteiger partial charge in [0.15, 0.2) is 9.84 Å². The third-order valence-electron chi connectivity index (χ3n) is 2.01. The molecule has 6 N–H and O–H groups in total. The topological polar surface area (TPSA) is 144 Å². The van der Waals surface area contributed by atoms with Crippen LogP contribution in [0.3, 0.4) is 0 Å². The molecule has 0 aromatic carbocycles. The van der Waals surface area contributed by atoms with Crippen molar-refractivity contribution in [3.05, 3.63) is 0 Å². The fourth-order valence-corrected chi connectivity index (χ4v) is 3.36. The van der Waals surface area contributed by atoms with E-state index in [-0.39, 0.29) is 11.5 Å². The highest BCUT2D eigenvalue weighted by Crippen LogP contribution is 2.12. The van der Waals surface area contributed by atoms with Gasteiger partial charge in [-0.05, 0) is 0 Å². The van der Waals surface area contributed by atoms with Gasteiger partial charge in [-0.1, -0.05) is 0 Å². The number of carbonyl (C=O) groups excluding carboxylic acids is 2. The largest absolute Gasteiger partial charge is 0.352 e. The Hall–Kier alpha value is -1.51. The van der Waals surface area contributed by atoms with Crippen molar-refractivity contribution in [1.29, 1.82) is 0 Å². The number of nitrogens with two attached hydrogens (primary N) is 2. The van der Waals surface area contributed by atoms with Crippen molar-refractivity contribution in [2.24, 2.45) is 11.5 Å². The summed E-state index contributed by atoms with van der Waals surface area (Å²) in [6.07, 6.45) is 0. The molecule has 0 aromatic rings. The molecule has 1 aliphatic heterocycles. The van der Waals surface area contributed by atoms with Crippen LogP contribution >= 0.6 is 0 Å². The van der Waals surface area contributed by atoms with Gasteiger partial charge in [-0.15, -0.1) is 0 Å². The average molecular weight is 236 g/mol. The first-order chi connectivity index (χ1) is 6.80. The van der Waals surface area contributed by atoms with Crippen LogP contribution in [-0.4, -0.2) is 44.1 Å². The maximum atomic E-state index is 11.2. The van der Waals surface area contributed by atoms with Crippen LogP contribution in [0.1, 0.15) is 0 Å². The SMILES string of the molecule is NC(=O)N[C@H]1CS(=O)(=O)C[C@H]1NC(N)=O. The monoisotopic (exact) mass is 236 g/mol. The van der Waals surface area contributed by atoms with Crippen molar-refractivity contribution >= 4 is 21.9 Å². The lowest BCUT2D eigenvalue weighted by molar-refractivity contribution is 0.237. The standard InChI is InChI=1S/C6H12N4O4S/c7-5(11)9-3-1-15(13,14)2-4(3)10-6(8)12/h3-4H,1-2H2,(H3,7,9,11)(H3,8,10,12)/t3-,4+. The Morgan fingerprint density at radius 3 is 1.60 bits per heavy atom. The van der Waals surface area contributed by atoms with Crippen molar-refractivity contribution in [3.8, 4) is 0 Å². The summed E-state index contributed by atoms with van der Waals surface area (Å²) in [7, 11) is -3.28. The lowest BCUT2D eigenvalue weighted by atomic mass is 10.2. The molecule has 8 nitrogen and oxygen atoms in total. The number of carbonyl (C=O) groups is 2. The molecule has 9 heteroatoms. The zero-order valence-corrected chi connectivity index (χ0v) is 8.58. The Morgan fingerprint density at radius 1 is 1.00 bits per heavy atom. The van der Waals surface area contributed by atoms with Crippen LogP contribution in [0.15, 0.2) is 0 Å². The Morgan fingerprint density at radius 2 is 1.33 bits per heavy atom. The smallest absolute Gasteiger partial charge is 0.312 e. The third-order valence-corrected chi connectivity index (χ3v) is 3.74. The van der Waals surface area contributed by atoms with Crippen molar-refractivity contribution in [3.63, 3.8) is 0 Å². The number of rotatable bonds is 2. The first kappa shape index (κ1) is 11.6. The first-order valence-electron chi connectivity index (χ1n) is 4.12. The minimum atomic E-state index is -3.28. The minimum absolute atomic E-state index is 0.249. The molecule has 0 saturated carbocycles. The predicted molar refractivity (Wildman–Crippen MR) is 51.7 cm³/mol. The highest BCUT2D eigenvalue weighted by Gasteiger charge is 2.38. The highest BCUT2D eigenvalue weighted by molar-refractivity contribution is 7.91. The van der Waals surface area contributed by atoms with E-state index >= 15 is 0 Å².